The van der Waals surface area contributed by atoms with Crippen LogP contribution in [0, 0.1) is 0 Å². The molecule has 1 atom stereocenters. The molecule has 3 rings (SSSR count). The Morgan fingerprint density at radius 1 is 1.18 bits per heavy atom. The summed E-state index contributed by atoms with van der Waals surface area (Å²) in [5.41, 5.74) is 1.70. The van der Waals surface area contributed by atoms with Crippen LogP contribution in [0.15, 0.2) is 48.5 Å². The largest absolute Gasteiger partial charge is 0.497 e. The Hall–Kier alpha value is -2.49. The fraction of sp³-hybridized carbons (Fsp3) is 0.278. The number of carbonyl (C=O) groups excluding carboxylic acids is 1. The first-order chi connectivity index (χ1) is 10.7. The molecule has 0 spiro atoms. The summed E-state index contributed by atoms with van der Waals surface area (Å²) in [5, 5.41) is 0. The third-order valence-electron chi connectivity index (χ3n) is 3.76. The highest BCUT2D eigenvalue weighted by Gasteiger charge is 2.24. The minimum Gasteiger partial charge on any atom is -0.497 e. The summed E-state index contributed by atoms with van der Waals surface area (Å²) in [7, 11) is 1.61. The topological polar surface area (TPSA) is 38.8 Å². The SMILES string of the molecule is COc1ccc(C(=O)N2Cc3ccccc3OC(C)C2)cc1. The van der Waals surface area contributed by atoms with Crippen LogP contribution < -0.4 is 9.47 Å². The van der Waals surface area contributed by atoms with E-state index in [4.69, 9.17) is 9.47 Å². The number of benzene rings is 2. The van der Waals surface area contributed by atoms with Gasteiger partial charge in [0, 0.05) is 17.7 Å². The van der Waals surface area contributed by atoms with E-state index in [2.05, 4.69) is 0 Å². The standard InChI is InChI=1S/C18H19NO3/c1-13-11-19(12-15-5-3-4-6-17(15)22-13)18(20)14-7-9-16(21-2)10-8-14/h3-10,13H,11-12H2,1-2H3. The van der Waals surface area contributed by atoms with Crippen LogP contribution in [-0.4, -0.2) is 30.6 Å². The first-order valence-electron chi connectivity index (χ1n) is 7.35. The van der Waals surface area contributed by atoms with Crippen molar-refractivity contribution in [2.45, 2.75) is 19.6 Å². The second-order valence-electron chi connectivity index (χ2n) is 5.45. The van der Waals surface area contributed by atoms with E-state index in [1.807, 2.05) is 36.1 Å². The van der Waals surface area contributed by atoms with Crippen LogP contribution in [0.5, 0.6) is 11.5 Å². The fourth-order valence-corrected chi connectivity index (χ4v) is 2.65. The van der Waals surface area contributed by atoms with Crippen molar-refractivity contribution in [3.8, 4) is 11.5 Å². The van der Waals surface area contributed by atoms with Crippen LogP contribution in [0.25, 0.3) is 0 Å². The number of rotatable bonds is 2. The van der Waals surface area contributed by atoms with Crippen molar-refractivity contribution < 1.29 is 14.3 Å². The average molecular weight is 297 g/mol. The molecule has 0 aliphatic carbocycles. The molecule has 0 saturated heterocycles. The highest BCUT2D eigenvalue weighted by Crippen LogP contribution is 2.25. The molecule has 0 radical (unpaired) electrons. The maximum atomic E-state index is 12.7. The van der Waals surface area contributed by atoms with Crippen molar-refractivity contribution in [2.75, 3.05) is 13.7 Å². The number of nitrogens with zero attached hydrogens (tertiary/aromatic N) is 1. The summed E-state index contributed by atoms with van der Waals surface area (Å²) in [6.45, 7) is 3.11. The number of para-hydroxylation sites is 1. The number of amides is 1. The molecule has 0 saturated carbocycles. The molecule has 1 heterocycles. The molecule has 0 bridgehead atoms. The molecule has 22 heavy (non-hydrogen) atoms. The summed E-state index contributed by atoms with van der Waals surface area (Å²) in [4.78, 5) is 14.6. The van der Waals surface area contributed by atoms with Crippen molar-refractivity contribution in [2.24, 2.45) is 0 Å². The summed E-state index contributed by atoms with van der Waals surface area (Å²) in [6.07, 6.45) is -0.0363. The van der Waals surface area contributed by atoms with Crippen molar-refractivity contribution in [3.63, 3.8) is 0 Å². The highest BCUT2D eigenvalue weighted by atomic mass is 16.5. The van der Waals surface area contributed by atoms with Gasteiger partial charge in [0.1, 0.15) is 17.6 Å². The Bertz CT molecular complexity index is 666. The molecule has 1 aliphatic rings. The number of hydrogen-bond acceptors (Lipinski definition) is 3. The second-order valence-corrected chi connectivity index (χ2v) is 5.45. The summed E-state index contributed by atoms with van der Waals surface area (Å²) < 4.78 is 11.0. The molecular weight excluding hydrogens is 278 g/mol. The molecule has 2 aromatic carbocycles. The quantitative estimate of drug-likeness (QED) is 0.855. The molecular formula is C18H19NO3. The molecule has 0 aromatic heterocycles. The van der Waals surface area contributed by atoms with Crippen LogP contribution in [0.2, 0.25) is 0 Å². The molecule has 1 aliphatic heterocycles. The zero-order chi connectivity index (χ0) is 15.5. The lowest BCUT2D eigenvalue weighted by molar-refractivity contribution is 0.0690. The van der Waals surface area contributed by atoms with Crippen LogP contribution in [0.4, 0.5) is 0 Å². The fourth-order valence-electron chi connectivity index (χ4n) is 2.65. The van der Waals surface area contributed by atoms with Gasteiger partial charge in [-0.3, -0.25) is 4.79 Å². The Balaban J connectivity index is 1.85. The van der Waals surface area contributed by atoms with Crippen LogP contribution in [0.1, 0.15) is 22.8 Å². The van der Waals surface area contributed by atoms with Gasteiger partial charge in [-0.25, -0.2) is 0 Å². The summed E-state index contributed by atoms with van der Waals surface area (Å²) >= 11 is 0. The monoisotopic (exact) mass is 297 g/mol. The normalized spacial score (nSPS) is 17.2. The van der Waals surface area contributed by atoms with Gasteiger partial charge in [0.2, 0.25) is 0 Å². The first-order valence-corrected chi connectivity index (χ1v) is 7.35. The predicted octanol–water partition coefficient (Wildman–Crippen LogP) is 3.12. The van der Waals surface area contributed by atoms with Crippen molar-refractivity contribution >= 4 is 5.91 Å². The molecule has 2 aromatic rings. The van der Waals surface area contributed by atoms with Crippen molar-refractivity contribution in [1.82, 2.24) is 4.90 Å². The third kappa shape index (κ3) is 2.91. The van der Waals surface area contributed by atoms with E-state index < -0.39 is 0 Å². The number of methoxy groups -OCH3 is 1. The van der Waals surface area contributed by atoms with E-state index in [0.29, 0.717) is 18.7 Å². The first kappa shape index (κ1) is 14.4. The summed E-state index contributed by atoms with van der Waals surface area (Å²) in [5.74, 6) is 1.62. The lowest BCUT2D eigenvalue weighted by Crippen LogP contribution is -2.36. The Morgan fingerprint density at radius 2 is 1.91 bits per heavy atom. The predicted molar refractivity (Wildman–Crippen MR) is 84.3 cm³/mol. The van der Waals surface area contributed by atoms with Crippen LogP contribution in [-0.2, 0) is 6.54 Å². The molecule has 4 nitrogen and oxygen atoms in total. The average Bonchev–Trinajstić information content (AvgIpc) is 2.72. The van der Waals surface area contributed by atoms with E-state index in [9.17, 15) is 4.79 Å². The van der Waals surface area contributed by atoms with E-state index in [1.54, 1.807) is 31.4 Å². The molecule has 114 valence electrons. The van der Waals surface area contributed by atoms with Crippen LogP contribution >= 0.6 is 0 Å². The van der Waals surface area contributed by atoms with Gasteiger partial charge >= 0.3 is 0 Å². The minimum atomic E-state index is -0.0363. The van der Waals surface area contributed by atoms with E-state index in [0.717, 1.165) is 17.1 Å². The van der Waals surface area contributed by atoms with Gasteiger partial charge in [-0.1, -0.05) is 18.2 Å². The number of carbonyl (C=O) groups is 1. The molecule has 0 N–H and O–H groups in total. The zero-order valence-electron chi connectivity index (χ0n) is 12.8. The number of ether oxygens (including phenoxy) is 2. The van der Waals surface area contributed by atoms with Gasteiger partial charge in [-0.15, -0.1) is 0 Å². The Morgan fingerprint density at radius 3 is 2.64 bits per heavy atom. The summed E-state index contributed by atoms with van der Waals surface area (Å²) in [6, 6.07) is 15.1. The number of fused-ring (bicyclic) bond motifs is 1. The van der Waals surface area contributed by atoms with Crippen LogP contribution in [0.3, 0.4) is 0 Å². The minimum absolute atomic E-state index is 0.00908. The molecule has 1 amide bonds. The molecule has 1 unspecified atom stereocenters. The zero-order valence-corrected chi connectivity index (χ0v) is 12.8. The molecule has 0 fully saturated rings. The smallest absolute Gasteiger partial charge is 0.254 e. The van der Waals surface area contributed by atoms with Gasteiger partial charge < -0.3 is 14.4 Å². The lowest BCUT2D eigenvalue weighted by Gasteiger charge is -2.22. The van der Waals surface area contributed by atoms with Gasteiger partial charge in [-0.05, 0) is 37.3 Å². The number of hydrogen-bond donors (Lipinski definition) is 0. The maximum absolute atomic E-state index is 12.7. The highest BCUT2D eigenvalue weighted by molar-refractivity contribution is 5.94. The second kappa shape index (κ2) is 6.10. The van der Waals surface area contributed by atoms with Gasteiger partial charge in [0.25, 0.3) is 5.91 Å². The van der Waals surface area contributed by atoms with E-state index in [1.165, 1.54) is 0 Å². The Kier molecular flexibility index (Phi) is 4.00. The van der Waals surface area contributed by atoms with Gasteiger partial charge in [-0.2, -0.15) is 0 Å². The van der Waals surface area contributed by atoms with E-state index >= 15 is 0 Å². The van der Waals surface area contributed by atoms with Crippen molar-refractivity contribution in [1.29, 1.82) is 0 Å². The van der Waals surface area contributed by atoms with E-state index in [-0.39, 0.29) is 12.0 Å². The Labute approximate surface area is 130 Å². The lowest BCUT2D eigenvalue weighted by atomic mass is 10.1. The van der Waals surface area contributed by atoms with Gasteiger partial charge in [0.15, 0.2) is 0 Å². The maximum Gasteiger partial charge on any atom is 0.254 e. The van der Waals surface area contributed by atoms with Gasteiger partial charge in [0.05, 0.1) is 13.7 Å². The molecule has 4 heteroatoms. The third-order valence-corrected chi connectivity index (χ3v) is 3.76. The van der Waals surface area contributed by atoms with Crippen molar-refractivity contribution in [3.05, 3.63) is 59.7 Å².